The summed E-state index contributed by atoms with van der Waals surface area (Å²) in [6.07, 6.45) is 5.89. The minimum Gasteiger partial charge on any atom is -0.356 e. The maximum atomic E-state index is 13.2. The highest BCUT2D eigenvalue weighted by atomic mass is 16.2. The first-order chi connectivity index (χ1) is 13.2. The third-order valence-electron chi connectivity index (χ3n) is 5.59. The lowest BCUT2D eigenvalue weighted by Gasteiger charge is -2.31. The highest BCUT2D eigenvalue weighted by molar-refractivity contribution is 5.93. The maximum Gasteiger partial charge on any atom is 0.272 e. The Morgan fingerprint density at radius 2 is 1.78 bits per heavy atom. The number of nitrogens with zero attached hydrogens (tertiary/aromatic N) is 4. The summed E-state index contributed by atoms with van der Waals surface area (Å²) in [7, 11) is 0. The molecule has 2 aromatic rings. The fourth-order valence-corrected chi connectivity index (χ4v) is 4.08. The molecule has 0 bridgehead atoms. The van der Waals surface area contributed by atoms with E-state index in [1.165, 1.54) is 25.7 Å². The van der Waals surface area contributed by atoms with Gasteiger partial charge in [-0.2, -0.15) is 0 Å². The summed E-state index contributed by atoms with van der Waals surface area (Å²) in [6, 6.07) is 11.9. The molecule has 2 saturated heterocycles. The quantitative estimate of drug-likeness (QED) is 0.826. The zero-order chi connectivity index (χ0) is 18.6. The molecule has 4 rings (SSSR count). The third-order valence-corrected chi connectivity index (χ3v) is 5.59. The molecule has 2 fully saturated rings. The van der Waals surface area contributed by atoms with Crippen molar-refractivity contribution in [3.63, 3.8) is 0 Å². The van der Waals surface area contributed by atoms with E-state index >= 15 is 0 Å². The van der Waals surface area contributed by atoms with Gasteiger partial charge in [0.2, 0.25) is 0 Å². The van der Waals surface area contributed by atoms with Gasteiger partial charge in [-0.15, -0.1) is 0 Å². The minimum absolute atomic E-state index is 0.0411. The molecule has 1 unspecified atom stereocenters. The molecule has 2 aliphatic heterocycles. The van der Waals surface area contributed by atoms with E-state index in [4.69, 9.17) is 4.98 Å². The van der Waals surface area contributed by atoms with E-state index in [1.54, 1.807) is 0 Å². The number of anilines is 1. The smallest absolute Gasteiger partial charge is 0.272 e. The highest BCUT2D eigenvalue weighted by Crippen LogP contribution is 2.24. The predicted octanol–water partition coefficient (Wildman–Crippen LogP) is 4.01. The van der Waals surface area contributed by atoms with Crippen LogP contribution in [0.1, 0.15) is 49.5 Å². The van der Waals surface area contributed by atoms with Gasteiger partial charge in [0.1, 0.15) is 11.5 Å². The monoisotopic (exact) mass is 364 g/mol. The number of carbonyl (C=O) groups is 1. The first-order valence-corrected chi connectivity index (χ1v) is 10.2. The number of hydrogen-bond donors (Lipinski definition) is 0. The SMILES string of the molecule is CC1CCCN(C(=O)c2cc(N3CCCCC3)nc(-c3ccccc3)n2)C1. The molecule has 5 nitrogen and oxygen atoms in total. The number of aromatic nitrogens is 2. The van der Waals surface area contributed by atoms with Gasteiger partial charge in [-0.3, -0.25) is 4.79 Å². The Morgan fingerprint density at radius 1 is 1.00 bits per heavy atom. The number of carbonyl (C=O) groups excluding carboxylic acids is 1. The summed E-state index contributed by atoms with van der Waals surface area (Å²) < 4.78 is 0. The van der Waals surface area contributed by atoms with E-state index in [2.05, 4.69) is 16.8 Å². The standard InChI is InChI=1S/C22H28N4O/c1-17-9-8-14-26(16-17)22(27)19-15-20(25-12-6-3-7-13-25)24-21(23-19)18-10-4-2-5-11-18/h2,4-5,10-11,15,17H,3,6-9,12-14,16H2,1H3. The molecule has 0 spiro atoms. The fourth-order valence-electron chi connectivity index (χ4n) is 4.08. The average molecular weight is 364 g/mol. The molecule has 0 saturated carbocycles. The molecule has 1 amide bonds. The van der Waals surface area contributed by atoms with E-state index in [-0.39, 0.29) is 5.91 Å². The van der Waals surface area contributed by atoms with E-state index < -0.39 is 0 Å². The highest BCUT2D eigenvalue weighted by Gasteiger charge is 2.25. The largest absolute Gasteiger partial charge is 0.356 e. The average Bonchev–Trinajstić information content (AvgIpc) is 2.74. The van der Waals surface area contributed by atoms with Crippen molar-refractivity contribution < 1.29 is 4.79 Å². The lowest BCUT2D eigenvalue weighted by Crippen LogP contribution is -2.39. The Hall–Kier alpha value is -2.43. The third kappa shape index (κ3) is 4.12. The second kappa shape index (κ2) is 8.07. The van der Waals surface area contributed by atoms with Crippen LogP contribution in [0.4, 0.5) is 5.82 Å². The van der Waals surface area contributed by atoms with E-state index in [0.29, 0.717) is 17.4 Å². The Labute approximate surface area is 161 Å². The van der Waals surface area contributed by atoms with Crippen LogP contribution in [0.15, 0.2) is 36.4 Å². The van der Waals surface area contributed by atoms with Gasteiger partial charge in [-0.25, -0.2) is 9.97 Å². The first-order valence-electron chi connectivity index (χ1n) is 10.2. The summed E-state index contributed by atoms with van der Waals surface area (Å²) in [4.78, 5) is 26.9. The molecule has 27 heavy (non-hydrogen) atoms. The zero-order valence-corrected chi connectivity index (χ0v) is 16.1. The van der Waals surface area contributed by atoms with Gasteiger partial charge in [-0.1, -0.05) is 37.3 Å². The summed E-state index contributed by atoms with van der Waals surface area (Å²) in [5, 5.41) is 0. The Bertz CT molecular complexity index is 786. The van der Waals surface area contributed by atoms with Crippen LogP contribution < -0.4 is 4.90 Å². The molecule has 1 aromatic carbocycles. The van der Waals surface area contributed by atoms with Crippen molar-refractivity contribution in [1.82, 2.24) is 14.9 Å². The van der Waals surface area contributed by atoms with Crippen molar-refractivity contribution in [2.75, 3.05) is 31.1 Å². The van der Waals surface area contributed by atoms with Crippen molar-refractivity contribution in [3.8, 4) is 11.4 Å². The van der Waals surface area contributed by atoms with Gasteiger partial charge < -0.3 is 9.80 Å². The molecule has 1 atom stereocenters. The van der Waals surface area contributed by atoms with Crippen molar-refractivity contribution in [2.24, 2.45) is 5.92 Å². The van der Waals surface area contributed by atoms with Gasteiger partial charge in [-0.05, 0) is 38.0 Å². The topological polar surface area (TPSA) is 49.3 Å². The number of amides is 1. The molecule has 3 heterocycles. The van der Waals surface area contributed by atoms with Gasteiger partial charge in [0.25, 0.3) is 5.91 Å². The van der Waals surface area contributed by atoms with Crippen LogP contribution in [0.2, 0.25) is 0 Å². The Morgan fingerprint density at radius 3 is 2.52 bits per heavy atom. The zero-order valence-electron chi connectivity index (χ0n) is 16.1. The number of benzene rings is 1. The molecule has 1 aromatic heterocycles. The van der Waals surface area contributed by atoms with E-state index in [9.17, 15) is 4.79 Å². The Kier molecular flexibility index (Phi) is 5.37. The van der Waals surface area contributed by atoms with Crippen LogP contribution in [0.3, 0.4) is 0 Å². The van der Waals surface area contributed by atoms with Crippen LogP contribution in [0.25, 0.3) is 11.4 Å². The molecule has 142 valence electrons. The van der Waals surface area contributed by atoms with Crippen molar-refractivity contribution >= 4 is 11.7 Å². The lowest BCUT2D eigenvalue weighted by atomic mass is 10.00. The van der Waals surface area contributed by atoms with Crippen LogP contribution in [-0.2, 0) is 0 Å². The van der Waals surface area contributed by atoms with E-state index in [0.717, 1.165) is 44.0 Å². The van der Waals surface area contributed by atoms with E-state index in [1.807, 2.05) is 41.3 Å². The van der Waals surface area contributed by atoms with Crippen LogP contribution in [0, 0.1) is 5.92 Å². The maximum absolute atomic E-state index is 13.2. The summed E-state index contributed by atoms with van der Waals surface area (Å²) in [6.45, 7) is 5.86. The van der Waals surface area contributed by atoms with Gasteiger partial charge in [0.15, 0.2) is 5.82 Å². The summed E-state index contributed by atoms with van der Waals surface area (Å²) in [5.41, 5.74) is 1.48. The molecule has 0 radical (unpaired) electrons. The van der Waals surface area contributed by atoms with Crippen molar-refractivity contribution in [3.05, 3.63) is 42.1 Å². The Balaban J connectivity index is 1.70. The number of hydrogen-bond acceptors (Lipinski definition) is 4. The number of piperidine rings is 2. The van der Waals surface area contributed by atoms with Gasteiger partial charge in [0, 0.05) is 37.8 Å². The molecule has 2 aliphatic rings. The normalized spacial score (nSPS) is 20.6. The lowest BCUT2D eigenvalue weighted by molar-refractivity contribution is 0.0677. The second-order valence-electron chi connectivity index (χ2n) is 7.85. The number of rotatable bonds is 3. The minimum atomic E-state index is 0.0411. The first kappa shape index (κ1) is 18.0. The fraction of sp³-hybridized carbons (Fsp3) is 0.500. The van der Waals surface area contributed by atoms with Gasteiger partial charge in [0.05, 0.1) is 0 Å². The molecule has 0 N–H and O–H groups in total. The molecular weight excluding hydrogens is 336 g/mol. The second-order valence-corrected chi connectivity index (χ2v) is 7.85. The summed E-state index contributed by atoms with van der Waals surface area (Å²) >= 11 is 0. The van der Waals surface area contributed by atoms with Crippen molar-refractivity contribution in [1.29, 1.82) is 0 Å². The van der Waals surface area contributed by atoms with Crippen molar-refractivity contribution in [2.45, 2.75) is 39.0 Å². The molecule has 0 aliphatic carbocycles. The number of likely N-dealkylation sites (tertiary alicyclic amines) is 1. The van der Waals surface area contributed by atoms with Crippen LogP contribution in [-0.4, -0.2) is 47.0 Å². The predicted molar refractivity (Wildman–Crippen MR) is 108 cm³/mol. The van der Waals surface area contributed by atoms with Crippen LogP contribution >= 0.6 is 0 Å². The molecule has 5 heteroatoms. The summed E-state index contributed by atoms with van der Waals surface area (Å²) in [5.74, 6) is 2.13. The van der Waals surface area contributed by atoms with Gasteiger partial charge >= 0.3 is 0 Å². The molecular formula is C22H28N4O. The van der Waals surface area contributed by atoms with Crippen LogP contribution in [0.5, 0.6) is 0 Å².